The molecule has 1 aromatic carbocycles. The summed E-state index contributed by atoms with van der Waals surface area (Å²) in [6.07, 6.45) is -4.78. The van der Waals surface area contributed by atoms with Gasteiger partial charge in [-0.1, -0.05) is 0 Å². The zero-order valence-corrected chi connectivity index (χ0v) is 14.6. The first-order valence-corrected chi connectivity index (χ1v) is 8.08. The molecule has 25 heavy (non-hydrogen) atoms. The van der Waals surface area contributed by atoms with Gasteiger partial charge in [0, 0.05) is 24.2 Å². The monoisotopic (exact) mass is 376 g/mol. The molecule has 0 atom stereocenters. The molecular weight excluding hydrogens is 360 g/mol. The van der Waals surface area contributed by atoms with Crippen LogP contribution in [0.3, 0.4) is 0 Å². The molecule has 4 nitrogen and oxygen atoms in total. The van der Waals surface area contributed by atoms with E-state index in [1.165, 1.54) is 18.4 Å². The number of alkyl halides is 3. The smallest absolute Gasteiger partial charge is 0.383 e. The molecule has 0 saturated carbocycles. The second-order valence-corrected chi connectivity index (χ2v) is 6.46. The number of amides is 1. The summed E-state index contributed by atoms with van der Waals surface area (Å²) in [6, 6.07) is 1.77. The number of carbonyl (C=O) groups is 1. The first-order chi connectivity index (χ1) is 11.6. The third-order valence-corrected chi connectivity index (χ3v) is 4.72. The van der Waals surface area contributed by atoms with E-state index < -0.39 is 29.0 Å². The summed E-state index contributed by atoms with van der Waals surface area (Å²) < 4.78 is 59.2. The molecule has 0 aliphatic rings. The van der Waals surface area contributed by atoms with Gasteiger partial charge in [0.25, 0.3) is 5.91 Å². The highest BCUT2D eigenvalue weighted by Gasteiger charge is 2.35. The number of hydrogen-bond acceptors (Lipinski definition) is 3. The van der Waals surface area contributed by atoms with E-state index in [1.54, 1.807) is 4.57 Å². The molecule has 136 valence electrons. The summed E-state index contributed by atoms with van der Waals surface area (Å²) >= 11 is 1.18. The molecule has 0 fully saturated rings. The van der Waals surface area contributed by atoms with E-state index >= 15 is 0 Å². The van der Waals surface area contributed by atoms with Crippen LogP contribution in [-0.4, -0.2) is 24.2 Å². The first-order valence-electron chi connectivity index (χ1n) is 7.26. The molecule has 2 rings (SSSR count). The van der Waals surface area contributed by atoms with Crippen molar-refractivity contribution in [2.24, 2.45) is 4.99 Å². The van der Waals surface area contributed by atoms with E-state index in [1.807, 2.05) is 13.8 Å². The Kier molecular flexibility index (Phi) is 5.79. The number of nitrogens with zero attached hydrogens (tertiary/aromatic N) is 2. The van der Waals surface area contributed by atoms with Gasteiger partial charge in [0.05, 0.1) is 17.7 Å². The minimum Gasteiger partial charge on any atom is -0.383 e. The molecule has 0 N–H and O–H groups in total. The van der Waals surface area contributed by atoms with Gasteiger partial charge in [-0.2, -0.15) is 18.2 Å². The Balaban J connectivity index is 2.55. The first kappa shape index (κ1) is 19.3. The van der Waals surface area contributed by atoms with Crippen LogP contribution in [0.5, 0.6) is 0 Å². The predicted octanol–water partition coefficient (Wildman–Crippen LogP) is 3.71. The molecule has 0 spiro atoms. The van der Waals surface area contributed by atoms with Crippen LogP contribution >= 0.6 is 11.3 Å². The summed E-state index contributed by atoms with van der Waals surface area (Å²) in [7, 11) is 1.51. The van der Waals surface area contributed by atoms with Crippen molar-refractivity contribution in [3.05, 3.63) is 50.5 Å². The van der Waals surface area contributed by atoms with Crippen molar-refractivity contribution in [2.75, 3.05) is 13.7 Å². The van der Waals surface area contributed by atoms with Crippen molar-refractivity contribution in [2.45, 2.75) is 26.6 Å². The molecule has 2 aromatic rings. The highest BCUT2D eigenvalue weighted by Crippen LogP contribution is 2.32. The summed E-state index contributed by atoms with van der Waals surface area (Å²) in [5, 5.41) is 0. The fraction of sp³-hybridized carbons (Fsp3) is 0.375. The molecule has 0 unspecified atom stereocenters. The molecule has 0 aliphatic carbocycles. The average molecular weight is 376 g/mol. The van der Waals surface area contributed by atoms with Gasteiger partial charge in [0.2, 0.25) is 0 Å². The number of methoxy groups -OCH3 is 1. The molecule has 0 aliphatic heterocycles. The number of aryl methyl sites for hydroxylation is 1. The number of ether oxygens (including phenoxy) is 1. The third kappa shape index (κ3) is 4.35. The number of halogens is 4. The van der Waals surface area contributed by atoms with Gasteiger partial charge in [-0.25, -0.2) is 4.39 Å². The Bertz CT molecular complexity index is 853. The lowest BCUT2D eigenvalue weighted by molar-refractivity contribution is -0.137. The quantitative estimate of drug-likeness (QED) is 0.764. The van der Waals surface area contributed by atoms with Gasteiger partial charge in [-0.05, 0) is 32.0 Å². The maximum absolute atomic E-state index is 13.4. The van der Waals surface area contributed by atoms with Crippen molar-refractivity contribution >= 4 is 17.2 Å². The van der Waals surface area contributed by atoms with Gasteiger partial charge in [-0.3, -0.25) is 4.79 Å². The number of carbonyl (C=O) groups excluding carboxylic acids is 1. The van der Waals surface area contributed by atoms with Crippen molar-refractivity contribution in [1.29, 1.82) is 0 Å². The summed E-state index contributed by atoms with van der Waals surface area (Å²) in [5.74, 6) is -2.07. The summed E-state index contributed by atoms with van der Waals surface area (Å²) in [5.41, 5.74) is -1.19. The van der Waals surface area contributed by atoms with Crippen molar-refractivity contribution in [3.8, 4) is 0 Å². The lowest BCUT2D eigenvalue weighted by Gasteiger charge is -2.10. The minimum absolute atomic E-state index is 0.245. The van der Waals surface area contributed by atoms with E-state index in [9.17, 15) is 22.4 Å². The van der Waals surface area contributed by atoms with E-state index in [0.29, 0.717) is 31.4 Å². The molecule has 1 heterocycles. The molecule has 0 saturated heterocycles. The maximum Gasteiger partial charge on any atom is 0.417 e. The Morgan fingerprint density at radius 2 is 2.00 bits per heavy atom. The van der Waals surface area contributed by atoms with Crippen LogP contribution in [0.25, 0.3) is 0 Å². The van der Waals surface area contributed by atoms with Crippen LogP contribution in [0.2, 0.25) is 0 Å². The maximum atomic E-state index is 13.4. The van der Waals surface area contributed by atoms with Crippen LogP contribution in [0.15, 0.2) is 23.2 Å². The van der Waals surface area contributed by atoms with Crippen molar-refractivity contribution in [3.63, 3.8) is 0 Å². The minimum atomic E-state index is -4.78. The second-order valence-electron chi connectivity index (χ2n) is 5.28. The Hall–Kier alpha value is -2.00. The highest BCUT2D eigenvalue weighted by atomic mass is 32.1. The van der Waals surface area contributed by atoms with Gasteiger partial charge >= 0.3 is 6.18 Å². The topological polar surface area (TPSA) is 43.6 Å². The fourth-order valence-corrected chi connectivity index (χ4v) is 3.21. The third-order valence-electron chi connectivity index (χ3n) is 3.62. The average Bonchev–Trinajstić information content (AvgIpc) is 2.78. The molecule has 0 radical (unpaired) electrons. The van der Waals surface area contributed by atoms with Crippen molar-refractivity contribution < 1.29 is 27.1 Å². The predicted molar refractivity (Wildman–Crippen MR) is 85.0 cm³/mol. The zero-order valence-electron chi connectivity index (χ0n) is 13.8. The van der Waals surface area contributed by atoms with E-state index in [-0.39, 0.29) is 4.80 Å². The normalized spacial score (nSPS) is 12.7. The number of benzene rings is 1. The molecular formula is C16H16F4N2O2S. The standard InChI is InChI=1S/C16H16F4N2O2S/c1-9-10(2)25-15(22(9)6-7-24-3)21-14(23)12-8-11(17)4-5-13(12)16(18,19)20/h4-5,8H,6-7H2,1-3H3/b21-15-. The lowest BCUT2D eigenvalue weighted by atomic mass is 10.1. The number of aromatic nitrogens is 1. The van der Waals surface area contributed by atoms with Crippen LogP contribution in [0.4, 0.5) is 17.6 Å². The second kappa shape index (κ2) is 7.49. The largest absolute Gasteiger partial charge is 0.417 e. The van der Waals surface area contributed by atoms with Gasteiger partial charge in [-0.15, -0.1) is 11.3 Å². The van der Waals surface area contributed by atoms with Gasteiger partial charge in [0.15, 0.2) is 4.80 Å². The van der Waals surface area contributed by atoms with Gasteiger partial charge in [0.1, 0.15) is 5.82 Å². The number of thiazole rings is 1. The Morgan fingerprint density at radius 3 is 2.60 bits per heavy atom. The fourth-order valence-electron chi connectivity index (χ4n) is 2.22. The van der Waals surface area contributed by atoms with Crippen molar-refractivity contribution in [1.82, 2.24) is 4.57 Å². The number of rotatable bonds is 4. The van der Waals surface area contributed by atoms with Crippen LogP contribution in [0, 0.1) is 19.7 Å². The molecule has 1 aromatic heterocycles. The van der Waals surface area contributed by atoms with Gasteiger partial charge < -0.3 is 9.30 Å². The SMILES string of the molecule is COCCn1c(C)c(C)s/c1=N\C(=O)c1cc(F)ccc1C(F)(F)F. The zero-order chi connectivity index (χ0) is 18.8. The van der Waals surface area contributed by atoms with Crippen LogP contribution in [-0.2, 0) is 17.5 Å². The Morgan fingerprint density at radius 1 is 1.32 bits per heavy atom. The highest BCUT2D eigenvalue weighted by molar-refractivity contribution is 7.09. The molecule has 0 bridgehead atoms. The lowest BCUT2D eigenvalue weighted by Crippen LogP contribution is -2.21. The Labute approximate surface area is 145 Å². The van der Waals surface area contributed by atoms with E-state index in [0.717, 1.165) is 10.6 Å². The summed E-state index contributed by atoms with van der Waals surface area (Å²) in [4.78, 5) is 17.2. The molecule has 1 amide bonds. The number of hydrogen-bond donors (Lipinski definition) is 0. The van der Waals surface area contributed by atoms with E-state index in [2.05, 4.69) is 4.99 Å². The molecule has 9 heteroatoms. The summed E-state index contributed by atoms with van der Waals surface area (Å²) in [6.45, 7) is 4.38. The van der Waals surface area contributed by atoms with Crippen LogP contribution in [0.1, 0.15) is 26.5 Å². The van der Waals surface area contributed by atoms with E-state index in [4.69, 9.17) is 4.74 Å². The van der Waals surface area contributed by atoms with Crippen LogP contribution < -0.4 is 4.80 Å².